The summed E-state index contributed by atoms with van der Waals surface area (Å²) in [6.45, 7) is 0. The minimum Gasteiger partial charge on any atom is -0.383 e. The van der Waals surface area contributed by atoms with E-state index in [-0.39, 0.29) is 28.2 Å². The lowest BCUT2D eigenvalue weighted by Gasteiger charge is -2.08. The van der Waals surface area contributed by atoms with Crippen molar-refractivity contribution in [2.75, 3.05) is 0 Å². The number of hydrogen-bond donors (Lipinski definition) is 1. The molecule has 0 bridgehead atoms. The van der Waals surface area contributed by atoms with Crippen molar-refractivity contribution in [3.05, 3.63) is 71.3 Å². The maximum absolute atomic E-state index is 13.6. The summed E-state index contributed by atoms with van der Waals surface area (Å²) in [6, 6.07) is 7.78. The fourth-order valence-corrected chi connectivity index (χ4v) is 2.58. The topological polar surface area (TPSA) is 56.2 Å². The van der Waals surface area contributed by atoms with Crippen molar-refractivity contribution in [2.24, 2.45) is 17.8 Å². The molecule has 0 atom stereocenters. The molecule has 0 fully saturated rings. The van der Waals surface area contributed by atoms with E-state index in [1.54, 1.807) is 12.1 Å². The highest BCUT2D eigenvalue weighted by Gasteiger charge is 2.20. The van der Waals surface area contributed by atoms with Gasteiger partial charge in [0.15, 0.2) is 17.5 Å². The molecule has 0 aliphatic heterocycles. The lowest BCUT2D eigenvalue weighted by Crippen LogP contribution is -2.14. The average molecular weight is 380 g/mol. The molecule has 1 heterocycles. The monoisotopic (exact) mass is 380 g/mol. The van der Waals surface area contributed by atoms with Gasteiger partial charge in [-0.05, 0) is 23.8 Å². The van der Waals surface area contributed by atoms with Gasteiger partial charge in [-0.1, -0.05) is 18.2 Å². The van der Waals surface area contributed by atoms with E-state index >= 15 is 0 Å². The standard InChI is InChI=1S/C18H13F5N4/c1-27-8-11(16(26-27)17(22)23)18(24)25-14-5-3-2-4-10(14)9-6-12(19)15(21)13(20)7-9/h2-8,17H,1H3,(H2,24,25). The number of alkyl halides is 2. The zero-order valence-electron chi connectivity index (χ0n) is 13.9. The number of rotatable bonds is 4. The summed E-state index contributed by atoms with van der Waals surface area (Å²) in [5.41, 5.74) is 5.72. The number of para-hydroxylation sites is 1. The predicted molar refractivity (Wildman–Crippen MR) is 90.3 cm³/mol. The highest BCUT2D eigenvalue weighted by atomic mass is 19.3. The second kappa shape index (κ2) is 7.18. The van der Waals surface area contributed by atoms with Crippen LogP contribution >= 0.6 is 0 Å². The zero-order valence-corrected chi connectivity index (χ0v) is 13.9. The number of aliphatic imine (C=N–C) groups is 1. The van der Waals surface area contributed by atoms with Crippen molar-refractivity contribution >= 4 is 11.5 Å². The minimum atomic E-state index is -2.86. The molecule has 0 aliphatic rings. The Balaban J connectivity index is 2.11. The normalized spacial score (nSPS) is 12.0. The number of nitrogens with two attached hydrogens (primary N) is 1. The lowest BCUT2D eigenvalue weighted by molar-refractivity contribution is 0.145. The van der Waals surface area contributed by atoms with Crippen LogP contribution in [-0.4, -0.2) is 15.6 Å². The van der Waals surface area contributed by atoms with Crippen LogP contribution in [-0.2, 0) is 7.05 Å². The van der Waals surface area contributed by atoms with E-state index in [9.17, 15) is 22.0 Å². The van der Waals surface area contributed by atoms with E-state index in [4.69, 9.17) is 5.73 Å². The van der Waals surface area contributed by atoms with Gasteiger partial charge in [-0.2, -0.15) is 5.10 Å². The van der Waals surface area contributed by atoms with E-state index in [1.807, 2.05) is 0 Å². The van der Waals surface area contributed by atoms with Crippen LogP contribution in [0.2, 0.25) is 0 Å². The van der Waals surface area contributed by atoms with Gasteiger partial charge in [0.25, 0.3) is 6.43 Å². The molecule has 0 saturated heterocycles. The second-order valence-corrected chi connectivity index (χ2v) is 5.67. The molecule has 0 unspecified atom stereocenters. The van der Waals surface area contributed by atoms with Crippen molar-refractivity contribution in [1.29, 1.82) is 0 Å². The third kappa shape index (κ3) is 3.67. The average Bonchev–Trinajstić information content (AvgIpc) is 3.02. The molecule has 2 aromatic carbocycles. The first kappa shape index (κ1) is 18.6. The lowest BCUT2D eigenvalue weighted by atomic mass is 10.0. The van der Waals surface area contributed by atoms with Crippen LogP contribution in [0.4, 0.5) is 27.6 Å². The predicted octanol–water partition coefficient (Wildman–Crippen LogP) is 4.48. The van der Waals surface area contributed by atoms with Crippen LogP contribution in [0, 0.1) is 17.5 Å². The molecule has 0 amide bonds. The zero-order chi connectivity index (χ0) is 19.7. The Morgan fingerprint density at radius 1 is 1.11 bits per heavy atom. The first-order valence-electron chi connectivity index (χ1n) is 7.68. The van der Waals surface area contributed by atoms with Gasteiger partial charge in [-0.15, -0.1) is 0 Å². The number of aryl methyl sites for hydroxylation is 1. The highest BCUT2D eigenvalue weighted by Crippen LogP contribution is 2.32. The largest absolute Gasteiger partial charge is 0.383 e. The van der Waals surface area contributed by atoms with Crippen molar-refractivity contribution < 1.29 is 22.0 Å². The molecule has 27 heavy (non-hydrogen) atoms. The first-order chi connectivity index (χ1) is 12.8. The van der Waals surface area contributed by atoms with E-state index in [1.165, 1.54) is 30.1 Å². The molecule has 0 radical (unpaired) electrons. The summed E-state index contributed by atoms with van der Waals surface area (Å²) in [5.74, 6) is -4.54. The molecule has 0 aliphatic carbocycles. The van der Waals surface area contributed by atoms with Gasteiger partial charge < -0.3 is 5.73 Å². The Morgan fingerprint density at radius 3 is 2.37 bits per heavy atom. The first-order valence-corrected chi connectivity index (χ1v) is 7.68. The van der Waals surface area contributed by atoms with E-state index < -0.39 is 29.6 Å². The van der Waals surface area contributed by atoms with Crippen LogP contribution in [0.5, 0.6) is 0 Å². The molecule has 2 N–H and O–H groups in total. The fraction of sp³-hybridized carbons (Fsp3) is 0.111. The van der Waals surface area contributed by atoms with Gasteiger partial charge in [0, 0.05) is 18.8 Å². The Labute approximate surface area is 150 Å². The van der Waals surface area contributed by atoms with Gasteiger partial charge in [0.1, 0.15) is 11.5 Å². The van der Waals surface area contributed by atoms with Gasteiger partial charge >= 0.3 is 0 Å². The SMILES string of the molecule is Cn1cc(C(N)=Nc2ccccc2-c2cc(F)c(F)c(F)c2)c(C(F)F)n1. The number of halogens is 5. The summed E-state index contributed by atoms with van der Waals surface area (Å²) in [6.07, 6.45) is -1.56. The van der Waals surface area contributed by atoms with Crippen molar-refractivity contribution in [3.8, 4) is 11.1 Å². The van der Waals surface area contributed by atoms with Gasteiger partial charge in [-0.25, -0.2) is 26.9 Å². The summed E-state index contributed by atoms with van der Waals surface area (Å²) >= 11 is 0. The van der Waals surface area contributed by atoms with Crippen LogP contribution in [0.15, 0.2) is 47.6 Å². The molecule has 0 spiro atoms. The van der Waals surface area contributed by atoms with Crippen LogP contribution in [0.25, 0.3) is 11.1 Å². The Bertz CT molecular complexity index is 1000. The number of hydrogen-bond acceptors (Lipinski definition) is 2. The van der Waals surface area contributed by atoms with Crippen LogP contribution in [0.1, 0.15) is 17.7 Å². The van der Waals surface area contributed by atoms with Crippen LogP contribution < -0.4 is 5.73 Å². The highest BCUT2D eigenvalue weighted by molar-refractivity contribution is 6.01. The summed E-state index contributed by atoms with van der Waals surface area (Å²) in [5, 5.41) is 3.65. The molecule has 3 rings (SSSR count). The third-order valence-electron chi connectivity index (χ3n) is 3.78. The number of benzene rings is 2. The quantitative estimate of drug-likeness (QED) is 0.314. The van der Waals surface area contributed by atoms with Crippen molar-refractivity contribution in [1.82, 2.24) is 9.78 Å². The molecule has 1 aromatic heterocycles. The summed E-state index contributed by atoms with van der Waals surface area (Å²) < 4.78 is 67.7. The number of nitrogens with zero attached hydrogens (tertiary/aromatic N) is 3. The smallest absolute Gasteiger partial charge is 0.282 e. The molecule has 140 valence electrons. The maximum atomic E-state index is 13.6. The van der Waals surface area contributed by atoms with E-state index in [0.717, 1.165) is 12.1 Å². The van der Waals surface area contributed by atoms with Gasteiger partial charge in [-0.3, -0.25) is 4.68 Å². The van der Waals surface area contributed by atoms with Crippen LogP contribution in [0.3, 0.4) is 0 Å². The Kier molecular flexibility index (Phi) is 4.93. The summed E-state index contributed by atoms with van der Waals surface area (Å²) in [4.78, 5) is 4.11. The van der Waals surface area contributed by atoms with Crippen molar-refractivity contribution in [2.45, 2.75) is 6.43 Å². The maximum Gasteiger partial charge on any atom is 0.282 e. The minimum absolute atomic E-state index is 0.0267. The van der Waals surface area contributed by atoms with E-state index in [2.05, 4.69) is 10.1 Å². The van der Waals surface area contributed by atoms with Gasteiger partial charge in [0.05, 0.1) is 11.3 Å². The molecular formula is C18H13F5N4. The molecular weight excluding hydrogens is 367 g/mol. The van der Waals surface area contributed by atoms with Gasteiger partial charge in [0.2, 0.25) is 0 Å². The molecule has 9 heteroatoms. The third-order valence-corrected chi connectivity index (χ3v) is 3.78. The molecule has 0 saturated carbocycles. The Hall–Kier alpha value is -3.23. The fourth-order valence-electron chi connectivity index (χ4n) is 2.58. The van der Waals surface area contributed by atoms with Crippen molar-refractivity contribution in [3.63, 3.8) is 0 Å². The van der Waals surface area contributed by atoms with E-state index in [0.29, 0.717) is 0 Å². The Morgan fingerprint density at radius 2 is 1.74 bits per heavy atom. The summed E-state index contributed by atoms with van der Waals surface area (Å²) in [7, 11) is 1.46. The molecule has 4 nitrogen and oxygen atoms in total. The number of amidine groups is 1. The number of aromatic nitrogens is 2. The molecule has 3 aromatic rings. The second-order valence-electron chi connectivity index (χ2n) is 5.67.